The van der Waals surface area contributed by atoms with Gasteiger partial charge < -0.3 is 48.9 Å². The molecule has 3 aliphatic heterocycles. The number of benzene rings is 1. The van der Waals surface area contributed by atoms with Crippen molar-refractivity contribution in [2.75, 3.05) is 27.9 Å². The van der Waals surface area contributed by atoms with Gasteiger partial charge in [-0.15, -0.1) is 0 Å². The van der Waals surface area contributed by atoms with E-state index in [9.17, 15) is 39.0 Å². The molecule has 0 radical (unpaired) electrons. The third-order valence-electron chi connectivity index (χ3n) is 16.2. The van der Waals surface area contributed by atoms with E-state index < -0.39 is 102 Å². The minimum absolute atomic E-state index is 0.00667. The highest BCUT2D eigenvalue weighted by atomic mass is 16.6. The van der Waals surface area contributed by atoms with E-state index in [1.165, 1.54) is 12.0 Å². The van der Waals surface area contributed by atoms with Gasteiger partial charge in [0.1, 0.15) is 36.2 Å². The molecule has 0 unspecified atom stereocenters. The molecule has 1 aliphatic carbocycles. The van der Waals surface area contributed by atoms with Crippen LogP contribution in [0.1, 0.15) is 131 Å². The van der Waals surface area contributed by atoms with Crippen LogP contribution in [0.3, 0.4) is 0 Å². The number of nitrogens with zero attached hydrogens (tertiary/aromatic N) is 4. The van der Waals surface area contributed by atoms with E-state index in [2.05, 4.69) is 15.3 Å². The largest absolute Gasteiger partial charge is 0.460 e. The maximum Gasteiger partial charge on any atom is 0.407 e. The van der Waals surface area contributed by atoms with E-state index >= 15 is 0 Å². The molecule has 3 heterocycles. The van der Waals surface area contributed by atoms with Crippen molar-refractivity contribution in [2.45, 2.75) is 187 Å². The lowest BCUT2D eigenvalue weighted by Gasteiger charge is -2.42. The van der Waals surface area contributed by atoms with E-state index in [1.807, 2.05) is 51.2 Å². The first-order valence-corrected chi connectivity index (χ1v) is 27.7. The number of fused-ring (bicyclic) bond motifs is 3. The number of amides is 2. The molecule has 19 heteroatoms. The van der Waals surface area contributed by atoms with Gasteiger partial charge in [0.2, 0.25) is 5.79 Å². The number of hydrogen-bond donors (Lipinski definition) is 3. The Morgan fingerprint density at radius 3 is 2.38 bits per heavy atom. The molecule has 3 fully saturated rings. The average molecular weight is 1090 g/mol. The van der Waals surface area contributed by atoms with Crippen LogP contribution in [0.2, 0.25) is 0 Å². The monoisotopic (exact) mass is 1090 g/mol. The first-order valence-electron chi connectivity index (χ1n) is 27.7. The number of rotatable bonds is 10. The molecule has 1 saturated carbocycles. The fraction of sp³-hybridized carbons (Fsp3) is 0.661. The van der Waals surface area contributed by atoms with Crippen LogP contribution in [-0.4, -0.2) is 133 Å². The molecule has 2 amide bonds. The van der Waals surface area contributed by atoms with Gasteiger partial charge in [0, 0.05) is 75.6 Å². The van der Waals surface area contributed by atoms with Gasteiger partial charge in [0.05, 0.1) is 18.3 Å². The zero-order valence-corrected chi connectivity index (χ0v) is 47.3. The van der Waals surface area contributed by atoms with Gasteiger partial charge in [-0.05, 0) is 124 Å². The number of cyclic esters (lactones) is 1. The van der Waals surface area contributed by atoms with Gasteiger partial charge in [-0.25, -0.2) is 9.59 Å². The summed E-state index contributed by atoms with van der Waals surface area (Å²) in [7, 11) is 4.48. The Labute approximate surface area is 460 Å². The Kier molecular flexibility index (Phi) is 24.5. The Balaban J connectivity index is 1.41. The van der Waals surface area contributed by atoms with Gasteiger partial charge in [-0.2, -0.15) is 0 Å². The first kappa shape index (κ1) is 63.3. The van der Waals surface area contributed by atoms with Gasteiger partial charge in [-0.1, -0.05) is 94.4 Å². The Morgan fingerprint density at radius 1 is 0.923 bits per heavy atom. The van der Waals surface area contributed by atoms with Crippen molar-refractivity contribution in [3.8, 4) is 0 Å². The van der Waals surface area contributed by atoms with Crippen molar-refractivity contribution >= 4 is 41.0 Å². The summed E-state index contributed by atoms with van der Waals surface area (Å²) in [5.74, 6) is -8.54. The quantitative estimate of drug-likeness (QED) is 0.0493. The normalized spacial score (nSPS) is 35.3. The lowest BCUT2D eigenvalue weighted by molar-refractivity contribution is -0.265. The van der Waals surface area contributed by atoms with E-state index in [1.54, 1.807) is 72.3 Å². The van der Waals surface area contributed by atoms with Crippen LogP contribution in [0, 0.1) is 35.5 Å². The van der Waals surface area contributed by atoms with E-state index in [0.29, 0.717) is 81.0 Å². The zero-order chi connectivity index (χ0) is 57.3. The third kappa shape index (κ3) is 17.2. The van der Waals surface area contributed by atoms with E-state index in [4.69, 9.17) is 34.0 Å². The lowest BCUT2D eigenvalue weighted by atomic mass is 9.78. The van der Waals surface area contributed by atoms with Crippen LogP contribution < -0.4 is 5.32 Å². The number of methoxy groups -OCH3 is 3. The molecule has 5 rings (SSSR count). The Bertz CT molecular complexity index is 2420. The molecule has 2 bridgehead atoms. The molecule has 19 nitrogen and oxygen atoms in total. The van der Waals surface area contributed by atoms with Gasteiger partial charge in [0.15, 0.2) is 5.78 Å². The molecule has 0 aromatic heterocycles. The molecule has 4 aliphatic rings. The minimum atomic E-state index is -2.47. The van der Waals surface area contributed by atoms with Gasteiger partial charge in [-0.3, -0.25) is 19.2 Å². The number of nitrogens with one attached hydrogen (secondary N) is 1. The molecular formula is C59H85N5O14. The zero-order valence-electron chi connectivity index (χ0n) is 47.3. The van der Waals surface area contributed by atoms with Crippen molar-refractivity contribution in [1.29, 1.82) is 0 Å². The summed E-state index contributed by atoms with van der Waals surface area (Å²) in [6, 6.07) is 5.62. The lowest BCUT2D eigenvalue weighted by Crippen LogP contribution is -2.61. The first-order chi connectivity index (χ1) is 37.1. The van der Waals surface area contributed by atoms with Crippen molar-refractivity contribution < 1.29 is 67.4 Å². The molecule has 2 saturated heterocycles. The van der Waals surface area contributed by atoms with Crippen LogP contribution >= 0.6 is 0 Å². The second-order valence-corrected chi connectivity index (χ2v) is 22.2. The summed E-state index contributed by atoms with van der Waals surface area (Å²) in [6.45, 7) is 12.7. The number of hydrogen-bond acceptors (Lipinski definition) is 15. The Hall–Kier alpha value is -5.53. The van der Waals surface area contributed by atoms with Crippen molar-refractivity contribution in [1.82, 2.24) is 10.2 Å². The van der Waals surface area contributed by atoms with Crippen LogP contribution in [0.5, 0.6) is 0 Å². The number of aliphatic hydroxyl groups excluding tert-OH is 1. The van der Waals surface area contributed by atoms with Crippen molar-refractivity contribution in [3.63, 3.8) is 0 Å². The number of aliphatic hydroxyl groups is 2. The fourth-order valence-corrected chi connectivity index (χ4v) is 11.4. The predicted molar refractivity (Wildman–Crippen MR) is 291 cm³/mol. The number of allylic oxidation sites excluding steroid dienone is 6. The number of carbonyl (C=O) groups excluding carboxylic acids is 6. The van der Waals surface area contributed by atoms with Gasteiger partial charge >= 0.3 is 12.1 Å². The molecule has 430 valence electrons. The molecule has 1 aromatic carbocycles. The number of piperidine rings is 1. The number of Topliss-reactive ketones (excluding diaryl/α,β-unsaturated/α-hetero) is 3. The number of ether oxygens (including phenoxy) is 6. The standard InChI is InChI=1S/C59H85N5O14/c1-35-17-12-11-13-18-36(2)49(73-8)32-45-24-22-41(7)59(72,78-45)55(68)56(69)64-26-15-14-21-46(64)57(70)76-50(33-47(65)37(3)28-40(6)53(67)54(75-10)52(66)39(5)27-35)38(4)29-42-23-25-48(51(31-42)74-9)77-58(71)61-34-43-19-16-20-44(30-43)62-63-60/h11-13,16-20,28,30,35,37-39,41-42,45-46,48-51,53-54,67,72H,14-15,21-27,29,31-34H2,1-10H3,(H,61,71)/b13-11+,17-12+,36-18+,40-28+/t35-,37-,38-,39-,41-,42+,45+,46+,48-,49+,50+,51-,53-,54+,59-/m1/s1. The maximum atomic E-state index is 14.6. The minimum Gasteiger partial charge on any atom is -0.460 e. The maximum absolute atomic E-state index is 14.6. The average Bonchev–Trinajstić information content (AvgIpc) is 3.42. The van der Waals surface area contributed by atoms with Crippen LogP contribution in [0.4, 0.5) is 10.5 Å². The van der Waals surface area contributed by atoms with Crippen molar-refractivity contribution in [2.24, 2.45) is 40.6 Å². The summed E-state index contributed by atoms with van der Waals surface area (Å²) in [4.78, 5) is 88.5. The smallest absolute Gasteiger partial charge is 0.407 e. The molecule has 3 N–H and O–H groups in total. The number of carbonyl (C=O) groups is 6. The summed E-state index contributed by atoms with van der Waals surface area (Å²) in [5, 5.41) is 29.9. The highest BCUT2D eigenvalue weighted by Crippen LogP contribution is 2.38. The number of azide groups is 1. The van der Waals surface area contributed by atoms with Crippen LogP contribution in [-0.2, 0) is 58.9 Å². The molecular weight excluding hydrogens is 1000 g/mol. The number of alkyl carbamates (subject to hydrolysis) is 1. The summed E-state index contributed by atoms with van der Waals surface area (Å²) < 4.78 is 35.7. The van der Waals surface area contributed by atoms with E-state index in [0.717, 1.165) is 5.57 Å². The SMILES string of the molecule is CO[C@H]1C[C@@H]2CC[C@@H](C)[C@@](O)(O2)C(=O)C(=O)N2CCCC[C@H]2C(=O)O[C@H]([C@H](C)C[C@@H]2CC[C@@H](OC(=O)NCc3cccc(N=[N+]=[N-])c3)[C@H](OC)C2)CC(=O)[C@H](C)/C=C(\C)[C@@H](O)[C@@H](OC)C(=O)[C@H](C)C[C@H](C)/C=C/C=C/C=C/1C. The second-order valence-electron chi connectivity index (χ2n) is 22.2. The Morgan fingerprint density at radius 2 is 1.68 bits per heavy atom. The summed E-state index contributed by atoms with van der Waals surface area (Å²) in [5.41, 5.74) is 11.1. The molecule has 15 atom stereocenters. The number of ketones is 3. The van der Waals surface area contributed by atoms with Crippen molar-refractivity contribution in [3.05, 3.63) is 87.9 Å². The second kappa shape index (κ2) is 30.2. The predicted octanol–water partition coefficient (Wildman–Crippen LogP) is 9.06. The molecule has 1 aromatic rings. The van der Waals surface area contributed by atoms with Crippen LogP contribution in [0.15, 0.2) is 77.0 Å². The van der Waals surface area contributed by atoms with Crippen LogP contribution in [0.25, 0.3) is 10.4 Å². The molecule has 78 heavy (non-hydrogen) atoms. The highest BCUT2D eigenvalue weighted by molar-refractivity contribution is 6.39. The third-order valence-corrected chi connectivity index (χ3v) is 16.2. The van der Waals surface area contributed by atoms with E-state index in [-0.39, 0.29) is 49.3 Å². The fourth-order valence-electron chi connectivity index (χ4n) is 11.4. The number of esters is 1. The summed E-state index contributed by atoms with van der Waals surface area (Å²) in [6.07, 6.45) is 9.49. The highest BCUT2D eigenvalue weighted by Gasteiger charge is 2.53. The molecule has 0 spiro atoms. The summed E-state index contributed by atoms with van der Waals surface area (Å²) >= 11 is 0. The topological polar surface area (TPSA) is 262 Å². The van der Waals surface area contributed by atoms with Gasteiger partial charge in [0.25, 0.3) is 11.7 Å².